The molecule has 1 atom stereocenters. The highest BCUT2D eigenvalue weighted by Crippen LogP contribution is 2.21. The number of ether oxygens (including phenoxy) is 1. The normalized spacial score (nSPS) is 13.7. The maximum absolute atomic E-state index is 14.4. The molecule has 0 bridgehead atoms. The fraction of sp³-hybridized carbons (Fsp3) is 0.333. The number of H-pyrrole nitrogens is 1. The molecule has 9 nitrogen and oxygen atoms in total. The molecule has 5 rings (SSSR count). The fourth-order valence-electron chi connectivity index (χ4n) is 5.06. The van der Waals surface area contributed by atoms with Gasteiger partial charge in [-0.2, -0.15) is 0 Å². The third-order valence-electron chi connectivity index (χ3n) is 7.34. The molecule has 0 saturated carbocycles. The maximum atomic E-state index is 14.4. The number of halogens is 2. The molecule has 11 heteroatoms. The standard InChI is InChI=1S/C30H32F2N6O3/c1-19-34-25-12-13-38(17-26(25)35-19)28(39)11-10-23(37(2)16-22-8-5-9-24(31)29(22)32)18-41-30(40)36-27-14-20-6-3-4-7-21(20)15-33-27/h3-9,14-15,23H,10-13,16-18H2,1-2H3,(H,34,35)(H,33,36,40)/t23-/m0/s1. The average molecular weight is 563 g/mol. The number of pyridine rings is 1. The van der Waals surface area contributed by atoms with E-state index >= 15 is 0 Å². The van der Waals surface area contributed by atoms with E-state index in [-0.39, 0.29) is 31.0 Å². The van der Waals surface area contributed by atoms with Crippen molar-refractivity contribution in [2.75, 3.05) is 25.5 Å². The van der Waals surface area contributed by atoms with Crippen LogP contribution in [-0.4, -0.2) is 63.0 Å². The second-order valence-corrected chi connectivity index (χ2v) is 10.3. The van der Waals surface area contributed by atoms with Gasteiger partial charge in [0.1, 0.15) is 18.2 Å². The zero-order valence-corrected chi connectivity index (χ0v) is 23.0. The van der Waals surface area contributed by atoms with Crippen LogP contribution in [0, 0.1) is 18.6 Å². The Kier molecular flexibility index (Phi) is 8.53. The van der Waals surface area contributed by atoms with Crippen molar-refractivity contribution < 1.29 is 23.1 Å². The van der Waals surface area contributed by atoms with Gasteiger partial charge in [0.05, 0.1) is 12.2 Å². The van der Waals surface area contributed by atoms with Gasteiger partial charge >= 0.3 is 6.09 Å². The van der Waals surface area contributed by atoms with Crippen LogP contribution in [-0.2, 0) is 29.0 Å². The second-order valence-electron chi connectivity index (χ2n) is 10.3. The summed E-state index contributed by atoms with van der Waals surface area (Å²) in [6, 6.07) is 13.0. The lowest BCUT2D eigenvalue weighted by atomic mass is 10.1. The molecule has 0 saturated heterocycles. The third-order valence-corrected chi connectivity index (χ3v) is 7.34. The number of hydrogen-bond acceptors (Lipinski definition) is 6. The summed E-state index contributed by atoms with van der Waals surface area (Å²) in [7, 11) is 1.73. The predicted molar refractivity (Wildman–Crippen MR) is 150 cm³/mol. The number of carbonyl (C=O) groups excluding carboxylic acids is 2. The van der Waals surface area contributed by atoms with Crippen LogP contribution in [0.2, 0.25) is 0 Å². The Labute approximate surface area is 236 Å². The highest BCUT2D eigenvalue weighted by atomic mass is 19.2. The zero-order valence-electron chi connectivity index (χ0n) is 23.0. The Morgan fingerprint density at radius 2 is 1.98 bits per heavy atom. The molecule has 0 aliphatic carbocycles. The minimum atomic E-state index is -0.931. The van der Waals surface area contributed by atoms with Crippen molar-refractivity contribution in [2.45, 2.75) is 45.3 Å². The van der Waals surface area contributed by atoms with Gasteiger partial charge in [-0.15, -0.1) is 0 Å². The largest absolute Gasteiger partial charge is 0.448 e. The molecular formula is C30H32F2N6O3. The number of fused-ring (bicyclic) bond motifs is 2. The average Bonchev–Trinajstić information content (AvgIpc) is 3.34. The molecule has 2 amide bonds. The van der Waals surface area contributed by atoms with Crippen LogP contribution in [0.3, 0.4) is 0 Å². The van der Waals surface area contributed by atoms with E-state index < -0.39 is 23.8 Å². The number of nitrogens with zero attached hydrogens (tertiary/aromatic N) is 4. The highest BCUT2D eigenvalue weighted by Gasteiger charge is 2.26. The number of imidazole rings is 1. The van der Waals surface area contributed by atoms with Gasteiger partial charge in [-0.3, -0.25) is 15.0 Å². The van der Waals surface area contributed by atoms with Crippen molar-refractivity contribution in [3.05, 3.63) is 89.1 Å². The summed E-state index contributed by atoms with van der Waals surface area (Å²) in [5.74, 6) is -0.733. The molecule has 2 N–H and O–H groups in total. The van der Waals surface area contributed by atoms with Crippen LogP contribution in [0.4, 0.5) is 19.4 Å². The first-order valence-electron chi connectivity index (χ1n) is 13.5. The van der Waals surface area contributed by atoms with E-state index in [1.807, 2.05) is 31.2 Å². The van der Waals surface area contributed by atoms with Crippen molar-refractivity contribution in [3.63, 3.8) is 0 Å². The molecule has 2 aromatic heterocycles. The molecule has 1 aliphatic heterocycles. The summed E-state index contributed by atoms with van der Waals surface area (Å²) in [5.41, 5.74) is 2.10. The first-order chi connectivity index (χ1) is 19.8. The van der Waals surface area contributed by atoms with E-state index in [9.17, 15) is 18.4 Å². The summed E-state index contributed by atoms with van der Waals surface area (Å²) < 4.78 is 33.7. The van der Waals surface area contributed by atoms with E-state index in [1.54, 1.807) is 29.1 Å². The molecule has 214 valence electrons. The van der Waals surface area contributed by atoms with Crippen molar-refractivity contribution in [1.29, 1.82) is 0 Å². The highest BCUT2D eigenvalue weighted by molar-refractivity contribution is 5.89. The number of benzene rings is 2. The number of rotatable bonds is 9. The second kappa shape index (κ2) is 12.4. The van der Waals surface area contributed by atoms with Crippen LogP contribution >= 0.6 is 0 Å². The molecule has 0 spiro atoms. The van der Waals surface area contributed by atoms with Gasteiger partial charge in [-0.1, -0.05) is 36.4 Å². The number of carbonyl (C=O) groups is 2. The van der Waals surface area contributed by atoms with Gasteiger partial charge in [-0.05, 0) is 37.9 Å². The van der Waals surface area contributed by atoms with Gasteiger partial charge < -0.3 is 14.6 Å². The number of aryl methyl sites for hydroxylation is 1. The SMILES string of the molecule is Cc1nc2c([nH]1)CCN(C(=O)CC[C@@H](COC(=O)Nc1cc3ccccc3cn1)N(C)Cc1cccc(F)c1F)C2. The first-order valence-corrected chi connectivity index (χ1v) is 13.5. The van der Waals surface area contributed by atoms with E-state index in [0.29, 0.717) is 31.7 Å². The molecule has 0 radical (unpaired) electrons. The molecule has 2 aromatic carbocycles. The summed E-state index contributed by atoms with van der Waals surface area (Å²) in [5, 5.41) is 4.49. The molecular weight excluding hydrogens is 530 g/mol. The number of likely N-dealkylation sites (N-methyl/N-ethyl adjacent to an activating group) is 1. The minimum absolute atomic E-state index is 0.0449. The minimum Gasteiger partial charge on any atom is -0.448 e. The summed E-state index contributed by atoms with van der Waals surface area (Å²) in [6.45, 7) is 2.91. The lowest BCUT2D eigenvalue weighted by Gasteiger charge is -2.30. The third kappa shape index (κ3) is 6.86. The topological polar surface area (TPSA) is 103 Å². The Bertz CT molecular complexity index is 1560. The molecule has 1 aliphatic rings. The van der Waals surface area contributed by atoms with Crippen LogP contribution in [0.5, 0.6) is 0 Å². The van der Waals surface area contributed by atoms with Gasteiger partial charge in [0, 0.05) is 54.8 Å². The molecule has 0 unspecified atom stereocenters. The quantitative estimate of drug-likeness (QED) is 0.299. The van der Waals surface area contributed by atoms with E-state index in [4.69, 9.17) is 4.74 Å². The molecule has 3 heterocycles. The Morgan fingerprint density at radius 3 is 2.80 bits per heavy atom. The van der Waals surface area contributed by atoms with E-state index in [0.717, 1.165) is 34.1 Å². The summed E-state index contributed by atoms with van der Waals surface area (Å²) in [6.07, 6.45) is 2.20. The summed E-state index contributed by atoms with van der Waals surface area (Å²) >= 11 is 0. The van der Waals surface area contributed by atoms with Gasteiger partial charge in [0.25, 0.3) is 0 Å². The van der Waals surface area contributed by atoms with Crippen LogP contribution < -0.4 is 5.32 Å². The zero-order chi connectivity index (χ0) is 28.9. The Balaban J connectivity index is 1.23. The smallest absolute Gasteiger partial charge is 0.412 e. The maximum Gasteiger partial charge on any atom is 0.412 e. The van der Waals surface area contributed by atoms with Crippen molar-refractivity contribution in [1.82, 2.24) is 24.8 Å². The number of aromatic amines is 1. The van der Waals surface area contributed by atoms with Gasteiger partial charge in [-0.25, -0.2) is 23.5 Å². The first kappa shape index (κ1) is 28.2. The molecule has 4 aromatic rings. The number of anilines is 1. The number of nitrogens with one attached hydrogen (secondary N) is 2. The number of amides is 2. The van der Waals surface area contributed by atoms with Crippen LogP contribution in [0.1, 0.15) is 35.6 Å². The lowest BCUT2D eigenvalue weighted by molar-refractivity contribution is -0.132. The van der Waals surface area contributed by atoms with Crippen molar-refractivity contribution in [3.8, 4) is 0 Å². The van der Waals surface area contributed by atoms with E-state index in [1.165, 1.54) is 12.1 Å². The predicted octanol–water partition coefficient (Wildman–Crippen LogP) is 4.96. The van der Waals surface area contributed by atoms with Crippen LogP contribution in [0.25, 0.3) is 10.8 Å². The van der Waals surface area contributed by atoms with E-state index in [2.05, 4.69) is 20.3 Å². The Hall–Kier alpha value is -4.38. The van der Waals surface area contributed by atoms with Crippen LogP contribution in [0.15, 0.2) is 54.7 Å². The van der Waals surface area contributed by atoms with Crippen molar-refractivity contribution >= 4 is 28.6 Å². The fourth-order valence-corrected chi connectivity index (χ4v) is 5.06. The van der Waals surface area contributed by atoms with Gasteiger partial charge in [0.2, 0.25) is 5.91 Å². The monoisotopic (exact) mass is 562 g/mol. The lowest BCUT2D eigenvalue weighted by Crippen LogP contribution is -2.40. The van der Waals surface area contributed by atoms with Gasteiger partial charge in [0.15, 0.2) is 11.6 Å². The molecule has 0 fully saturated rings. The number of aromatic nitrogens is 3. The number of hydrogen-bond donors (Lipinski definition) is 2. The van der Waals surface area contributed by atoms with Crippen molar-refractivity contribution in [2.24, 2.45) is 0 Å². The Morgan fingerprint density at radius 1 is 1.17 bits per heavy atom. The summed E-state index contributed by atoms with van der Waals surface area (Å²) in [4.78, 5) is 41.3. The molecule has 41 heavy (non-hydrogen) atoms.